The third-order valence-electron chi connectivity index (χ3n) is 4.29. The van der Waals surface area contributed by atoms with Gasteiger partial charge in [0.2, 0.25) is 5.91 Å². The molecule has 0 spiro atoms. The molecule has 1 aliphatic rings. The number of carbonyl (C=O) groups excluding carboxylic acids is 2. The minimum atomic E-state index is -0.521. The number of hydrogen-bond acceptors (Lipinski definition) is 3. The molecule has 1 fully saturated rings. The van der Waals surface area contributed by atoms with Crippen LogP contribution in [0.4, 0.5) is 0 Å². The molecule has 1 aromatic rings. The van der Waals surface area contributed by atoms with Crippen LogP contribution in [0.25, 0.3) is 0 Å². The molecule has 23 heavy (non-hydrogen) atoms. The van der Waals surface area contributed by atoms with Crippen LogP contribution in [0.15, 0.2) is 24.3 Å². The normalized spacial score (nSPS) is 18.6. The summed E-state index contributed by atoms with van der Waals surface area (Å²) < 4.78 is 5.75. The fraction of sp³-hybridized carbons (Fsp3) is 0.556. The first kappa shape index (κ1) is 17.3. The molecule has 2 amide bonds. The average molecular weight is 318 g/mol. The molecule has 5 heteroatoms. The molecule has 2 atom stereocenters. The Hall–Kier alpha value is -2.04. The molecule has 1 aromatic carbocycles. The van der Waals surface area contributed by atoms with Crippen LogP contribution >= 0.6 is 0 Å². The summed E-state index contributed by atoms with van der Waals surface area (Å²) in [6, 6.07) is 7.69. The van der Waals surface area contributed by atoms with Gasteiger partial charge in [0.05, 0.1) is 0 Å². The number of ether oxygens (including phenoxy) is 1. The Balaban J connectivity index is 1.85. The van der Waals surface area contributed by atoms with Gasteiger partial charge in [-0.2, -0.15) is 0 Å². The summed E-state index contributed by atoms with van der Waals surface area (Å²) in [5, 5.41) is 0. The second kappa shape index (κ2) is 7.49. The predicted molar refractivity (Wildman–Crippen MR) is 89.3 cm³/mol. The number of amides is 2. The van der Waals surface area contributed by atoms with E-state index in [2.05, 4.69) is 0 Å². The van der Waals surface area contributed by atoms with Crippen LogP contribution in [0.3, 0.4) is 0 Å². The largest absolute Gasteiger partial charge is 0.481 e. The Bertz CT molecular complexity index is 573. The molecular formula is C18H26N2O3. The molecule has 1 aliphatic heterocycles. The van der Waals surface area contributed by atoms with Gasteiger partial charge in [0.25, 0.3) is 5.91 Å². The van der Waals surface area contributed by atoms with Crippen molar-refractivity contribution in [2.24, 2.45) is 5.92 Å². The molecule has 0 aromatic heterocycles. The first-order valence-corrected chi connectivity index (χ1v) is 8.10. The van der Waals surface area contributed by atoms with Gasteiger partial charge < -0.3 is 14.5 Å². The molecular weight excluding hydrogens is 292 g/mol. The lowest BCUT2D eigenvalue weighted by Crippen LogP contribution is -2.41. The van der Waals surface area contributed by atoms with Gasteiger partial charge >= 0.3 is 0 Å². The minimum Gasteiger partial charge on any atom is -0.481 e. The van der Waals surface area contributed by atoms with Crippen molar-refractivity contribution in [1.29, 1.82) is 0 Å². The maximum atomic E-state index is 12.5. The molecule has 0 aliphatic carbocycles. The van der Waals surface area contributed by atoms with Gasteiger partial charge in [0.15, 0.2) is 6.10 Å². The van der Waals surface area contributed by atoms with E-state index in [1.807, 2.05) is 36.1 Å². The van der Waals surface area contributed by atoms with E-state index in [4.69, 9.17) is 4.74 Å². The second-order valence-electron chi connectivity index (χ2n) is 6.42. The maximum absolute atomic E-state index is 12.5. The van der Waals surface area contributed by atoms with Gasteiger partial charge in [-0.15, -0.1) is 0 Å². The number of rotatable bonds is 5. The maximum Gasteiger partial charge on any atom is 0.263 e. The highest BCUT2D eigenvalue weighted by Gasteiger charge is 2.28. The number of carbonyl (C=O) groups is 2. The number of aryl methyl sites for hydroxylation is 1. The number of benzene rings is 1. The van der Waals surface area contributed by atoms with Gasteiger partial charge in [0, 0.05) is 33.6 Å². The molecule has 1 saturated heterocycles. The number of likely N-dealkylation sites (tertiary alicyclic amines) is 1. The monoisotopic (exact) mass is 318 g/mol. The summed E-state index contributed by atoms with van der Waals surface area (Å²) in [7, 11) is 1.80. The van der Waals surface area contributed by atoms with Crippen LogP contribution in [-0.2, 0) is 9.59 Å². The Morgan fingerprint density at radius 2 is 2.17 bits per heavy atom. The van der Waals surface area contributed by atoms with E-state index in [1.54, 1.807) is 25.8 Å². The highest BCUT2D eigenvalue weighted by molar-refractivity contribution is 5.80. The van der Waals surface area contributed by atoms with Crippen molar-refractivity contribution in [3.63, 3.8) is 0 Å². The Kier molecular flexibility index (Phi) is 5.64. The van der Waals surface area contributed by atoms with E-state index in [0.717, 1.165) is 25.1 Å². The van der Waals surface area contributed by atoms with E-state index in [0.29, 0.717) is 18.2 Å². The lowest BCUT2D eigenvalue weighted by Gasteiger charge is -2.25. The smallest absolute Gasteiger partial charge is 0.263 e. The van der Waals surface area contributed by atoms with Crippen LogP contribution in [0.1, 0.15) is 25.8 Å². The first-order chi connectivity index (χ1) is 10.9. The van der Waals surface area contributed by atoms with Crippen LogP contribution in [-0.4, -0.2) is 54.4 Å². The highest BCUT2D eigenvalue weighted by Crippen LogP contribution is 2.18. The van der Waals surface area contributed by atoms with E-state index in [9.17, 15) is 9.59 Å². The van der Waals surface area contributed by atoms with Crippen molar-refractivity contribution in [3.05, 3.63) is 29.8 Å². The third kappa shape index (κ3) is 4.71. The molecule has 0 unspecified atom stereocenters. The van der Waals surface area contributed by atoms with Crippen LogP contribution < -0.4 is 4.74 Å². The number of nitrogens with zero attached hydrogens (tertiary/aromatic N) is 2. The zero-order valence-corrected chi connectivity index (χ0v) is 14.4. The Morgan fingerprint density at radius 1 is 1.43 bits per heavy atom. The van der Waals surface area contributed by atoms with Gasteiger partial charge in [0.1, 0.15) is 5.75 Å². The van der Waals surface area contributed by atoms with Crippen molar-refractivity contribution in [2.75, 3.05) is 26.7 Å². The summed E-state index contributed by atoms with van der Waals surface area (Å²) in [5.74, 6) is 1.13. The lowest BCUT2D eigenvalue weighted by atomic mass is 10.1. The lowest BCUT2D eigenvalue weighted by molar-refractivity contribution is -0.137. The average Bonchev–Trinajstić information content (AvgIpc) is 2.95. The van der Waals surface area contributed by atoms with Crippen molar-refractivity contribution in [2.45, 2.75) is 33.3 Å². The number of likely N-dealkylation sites (N-methyl/N-ethyl adjacent to an activating group) is 1. The highest BCUT2D eigenvalue weighted by atomic mass is 16.5. The van der Waals surface area contributed by atoms with Gasteiger partial charge in [-0.25, -0.2) is 0 Å². The zero-order valence-electron chi connectivity index (χ0n) is 14.4. The van der Waals surface area contributed by atoms with Crippen molar-refractivity contribution >= 4 is 11.8 Å². The molecule has 0 bridgehead atoms. The van der Waals surface area contributed by atoms with E-state index < -0.39 is 6.10 Å². The third-order valence-corrected chi connectivity index (χ3v) is 4.29. The summed E-state index contributed by atoms with van der Waals surface area (Å²) in [6.07, 6.45) is 0.428. The Labute approximate surface area is 138 Å². The zero-order chi connectivity index (χ0) is 17.0. The summed E-state index contributed by atoms with van der Waals surface area (Å²) in [6.45, 7) is 7.54. The molecule has 0 saturated carbocycles. The van der Waals surface area contributed by atoms with Crippen LogP contribution in [0, 0.1) is 12.8 Å². The molecule has 126 valence electrons. The minimum absolute atomic E-state index is 0.0345. The predicted octanol–water partition coefficient (Wildman–Crippen LogP) is 2.09. The quantitative estimate of drug-likeness (QED) is 0.835. The molecule has 5 nitrogen and oxygen atoms in total. The van der Waals surface area contributed by atoms with Crippen molar-refractivity contribution in [3.8, 4) is 5.75 Å². The number of hydrogen-bond donors (Lipinski definition) is 0. The first-order valence-electron chi connectivity index (χ1n) is 8.10. The standard InChI is InChI=1S/C18H26N2O3/c1-13-6-5-7-17(10-13)23-14(2)18(22)19(4)11-16-8-9-20(12-16)15(3)21/h5-7,10,14,16H,8-9,11-12H2,1-4H3/t14-,16+/m0/s1. The fourth-order valence-electron chi connectivity index (χ4n) is 3.00. The van der Waals surface area contributed by atoms with Crippen molar-refractivity contribution in [1.82, 2.24) is 9.80 Å². The second-order valence-corrected chi connectivity index (χ2v) is 6.42. The van der Waals surface area contributed by atoms with E-state index >= 15 is 0 Å². The van der Waals surface area contributed by atoms with E-state index in [1.165, 1.54) is 0 Å². The topological polar surface area (TPSA) is 49.9 Å². The summed E-state index contributed by atoms with van der Waals surface area (Å²) in [5.41, 5.74) is 1.10. The Morgan fingerprint density at radius 3 is 2.78 bits per heavy atom. The SMILES string of the molecule is CC(=O)N1CC[C@H](CN(C)C(=O)[C@H](C)Oc2cccc(C)c2)C1. The van der Waals surface area contributed by atoms with Gasteiger partial charge in [-0.3, -0.25) is 9.59 Å². The van der Waals surface area contributed by atoms with E-state index in [-0.39, 0.29) is 11.8 Å². The molecule has 0 N–H and O–H groups in total. The molecule has 0 radical (unpaired) electrons. The van der Waals surface area contributed by atoms with Crippen molar-refractivity contribution < 1.29 is 14.3 Å². The van der Waals surface area contributed by atoms with Gasteiger partial charge in [-0.05, 0) is 43.9 Å². The molecule has 1 heterocycles. The van der Waals surface area contributed by atoms with Gasteiger partial charge in [-0.1, -0.05) is 12.1 Å². The van der Waals surface area contributed by atoms with Crippen LogP contribution in [0.2, 0.25) is 0 Å². The fourth-order valence-corrected chi connectivity index (χ4v) is 3.00. The van der Waals surface area contributed by atoms with Crippen LogP contribution in [0.5, 0.6) is 5.75 Å². The summed E-state index contributed by atoms with van der Waals surface area (Å²) in [4.78, 5) is 27.4. The summed E-state index contributed by atoms with van der Waals surface area (Å²) >= 11 is 0. The molecule has 2 rings (SSSR count).